The lowest BCUT2D eigenvalue weighted by Gasteiger charge is -2.07. The summed E-state index contributed by atoms with van der Waals surface area (Å²) in [5, 5.41) is 17.0. The smallest absolute Gasteiger partial charge is 0.341 e. The first kappa shape index (κ1) is 20.0. The van der Waals surface area contributed by atoms with Crippen molar-refractivity contribution < 1.29 is 24.0 Å². The first-order valence-corrected chi connectivity index (χ1v) is 8.63. The maximum absolute atomic E-state index is 12.3. The van der Waals surface area contributed by atoms with Crippen LogP contribution in [0.1, 0.15) is 38.9 Å². The molecule has 3 N–H and O–H groups in total. The third kappa shape index (κ3) is 4.67. The molecule has 2 rings (SSSR count). The van der Waals surface area contributed by atoms with Gasteiger partial charge in [0, 0.05) is 0 Å². The van der Waals surface area contributed by atoms with Crippen LogP contribution in [0.15, 0.2) is 12.4 Å². The number of carbonyl (C=O) groups excluding carboxylic acids is 3. The first-order valence-electron chi connectivity index (χ1n) is 7.81. The average Bonchev–Trinajstić information content (AvgIpc) is 3.17. The van der Waals surface area contributed by atoms with Gasteiger partial charge in [0.1, 0.15) is 23.9 Å². The van der Waals surface area contributed by atoms with Gasteiger partial charge in [-0.25, -0.2) is 4.79 Å². The highest BCUT2D eigenvalue weighted by atomic mass is 32.1. The van der Waals surface area contributed by atoms with Crippen LogP contribution in [0.4, 0.5) is 10.7 Å². The lowest BCUT2D eigenvalue weighted by molar-refractivity contribution is -0.385. The van der Waals surface area contributed by atoms with Gasteiger partial charge in [-0.1, -0.05) is 6.92 Å². The molecule has 0 saturated heterocycles. The second-order valence-electron chi connectivity index (χ2n) is 5.46. The number of aromatic nitrogens is 2. The highest BCUT2D eigenvalue weighted by Gasteiger charge is 2.26. The van der Waals surface area contributed by atoms with Gasteiger partial charge in [-0.3, -0.25) is 24.4 Å². The van der Waals surface area contributed by atoms with E-state index in [2.05, 4.69) is 10.4 Å². The Hall–Kier alpha value is -3.28. The van der Waals surface area contributed by atoms with Crippen molar-refractivity contribution in [3.05, 3.63) is 38.5 Å². The van der Waals surface area contributed by atoms with Crippen molar-refractivity contribution in [3.63, 3.8) is 0 Å². The molecule has 144 valence electrons. The summed E-state index contributed by atoms with van der Waals surface area (Å²) in [6.45, 7) is 3.23. The molecule has 0 aromatic carbocycles. The quantitative estimate of drug-likeness (QED) is 0.389. The second-order valence-corrected chi connectivity index (χ2v) is 6.48. The van der Waals surface area contributed by atoms with Gasteiger partial charge < -0.3 is 15.8 Å². The van der Waals surface area contributed by atoms with Crippen molar-refractivity contribution in [3.8, 4) is 0 Å². The van der Waals surface area contributed by atoms with E-state index in [1.165, 1.54) is 6.92 Å². The van der Waals surface area contributed by atoms with Gasteiger partial charge in [0.2, 0.25) is 5.91 Å². The van der Waals surface area contributed by atoms with Gasteiger partial charge in [-0.05, 0) is 18.9 Å². The maximum Gasteiger partial charge on any atom is 0.341 e. The normalized spacial score (nSPS) is 10.4. The number of ether oxygens (including phenoxy) is 1. The van der Waals surface area contributed by atoms with Gasteiger partial charge in [0.05, 0.1) is 22.0 Å². The molecule has 0 aliphatic rings. The molecule has 0 fully saturated rings. The van der Waals surface area contributed by atoms with E-state index in [0.29, 0.717) is 12.0 Å². The number of nitrogens with two attached hydrogens (primary N) is 1. The van der Waals surface area contributed by atoms with Crippen LogP contribution in [0.2, 0.25) is 0 Å². The summed E-state index contributed by atoms with van der Waals surface area (Å²) in [5.41, 5.74) is 5.43. The SMILES string of the molecule is CCCOC(=O)c1c(NC(=O)Cn2cc([N+](=O)[O-])cn2)sc(C(N)=O)c1C. The topological polar surface area (TPSA) is 159 Å². The summed E-state index contributed by atoms with van der Waals surface area (Å²) in [4.78, 5) is 46.2. The number of thiophene rings is 1. The maximum atomic E-state index is 12.3. The van der Waals surface area contributed by atoms with Crippen LogP contribution in [0, 0.1) is 17.0 Å². The number of anilines is 1. The Kier molecular flexibility index (Phi) is 6.23. The molecule has 0 radical (unpaired) electrons. The highest BCUT2D eigenvalue weighted by molar-refractivity contribution is 7.18. The molecule has 0 bridgehead atoms. The van der Waals surface area contributed by atoms with Gasteiger partial charge in [-0.15, -0.1) is 11.3 Å². The molecule has 0 atom stereocenters. The van der Waals surface area contributed by atoms with E-state index in [1.807, 2.05) is 6.92 Å². The number of amides is 2. The average molecular weight is 395 g/mol. The van der Waals surface area contributed by atoms with Crippen LogP contribution >= 0.6 is 11.3 Å². The molecular formula is C15H17N5O6S. The zero-order chi connectivity index (χ0) is 20.1. The number of carbonyl (C=O) groups is 3. The molecule has 2 aromatic heterocycles. The van der Waals surface area contributed by atoms with Gasteiger partial charge in [0.25, 0.3) is 5.91 Å². The minimum Gasteiger partial charge on any atom is -0.462 e. The minimum absolute atomic E-state index is 0.0574. The molecule has 2 amide bonds. The third-order valence-corrected chi connectivity index (χ3v) is 4.62. The Bertz CT molecular complexity index is 903. The molecule has 0 saturated carbocycles. The molecule has 0 aliphatic heterocycles. The number of hydrogen-bond donors (Lipinski definition) is 2. The Labute approximate surface area is 157 Å². The summed E-state index contributed by atoms with van der Waals surface area (Å²) in [6, 6.07) is 0. The van der Waals surface area contributed by atoms with Crippen LogP contribution < -0.4 is 11.1 Å². The molecule has 2 aromatic rings. The Morgan fingerprint density at radius 3 is 2.70 bits per heavy atom. The number of nitro groups is 1. The standard InChI is InChI=1S/C15H17N5O6S/c1-3-4-26-15(23)11-8(2)12(13(16)22)27-14(11)18-10(21)7-19-6-9(5-17-19)20(24)25/h5-6H,3-4,7H2,1-2H3,(H2,16,22)(H,18,21). The van der Waals surface area contributed by atoms with Crippen LogP contribution in [-0.4, -0.2) is 39.1 Å². The molecule has 12 heteroatoms. The van der Waals surface area contributed by atoms with Crippen molar-refractivity contribution in [2.75, 3.05) is 11.9 Å². The van der Waals surface area contributed by atoms with Crippen LogP contribution in [-0.2, 0) is 16.1 Å². The summed E-state index contributed by atoms with van der Waals surface area (Å²) in [6.07, 6.45) is 2.73. The minimum atomic E-state index is -0.731. The number of nitrogens with one attached hydrogen (secondary N) is 1. The monoisotopic (exact) mass is 395 g/mol. The van der Waals surface area contributed by atoms with Crippen molar-refractivity contribution in [1.82, 2.24) is 9.78 Å². The Morgan fingerprint density at radius 2 is 2.15 bits per heavy atom. The molecular weight excluding hydrogens is 378 g/mol. The van der Waals surface area contributed by atoms with E-state index >= 15 is 0 Å². The largest absolute Gasteiger partial charge is 0.462 e. The fourth-order valence-electron chi connectivity index (χ4n) is 2.20. The summed E-state index contributed by atoms with van der Waals surface area (Å²) < 4.78 is 6.17. The van der Waals surface area contributed by atoms with E-state index in [1.54, 1.807) is 0 Å². The van der Waals surface area contributed by atoms with Crippen LogP contribution in [0.5, 0.6) is 0 Å². The molecule has 0 unspecified atom stereocenters. The molecule has 0 aliphatic carbocycles. The van der Waals surface area contributed by atoms with Crippen molar-refractivity contribution in [2.24, 2.45) is 5.73 Å². The van der Waals surface area contributed by atoms with E-state index in [9.17, 15) is 24.5 Å². The van der Waals surface area contributed by atoms with Gasteiger partial charge in [0.15, 0.2) is 0 Å². The van der Waals surface area contributed by atoms with E-state index < -0.39 is 22.7 Å². The van der Waals surface area contributed by atoms with Gasteiger partial charge in [-0.2, -0.15) is 5.10 Å². The Balaban J connectivity index is 2.23. The summed E-state index contributed by atoms with van der Waals surface area (Å²) in [5.74, 6) is -2.00. The third-order valence-electron chi connectivity index (χ3n) is 3.40. The summed E-state index contributed by atoms with van der Waals surface area (Å²) in [7, 11) is 0. The first-order chi connectivity index (χ1) is 12.7. The van der Waals surface area contributed by atoms with E-state index in [4.69, 9.17) is 10.5 Å². The molecule has 2 heterocycles. The number of nitrogens with zero attached hydrogens (tertiary/aromatic N) is 3. The fourth-order valence-corrected chi connectivity index (χ4v) is 3.26. The van der Waals surface area contributed by atoms with E-state index in [0.717, 1.165) is 28.4 Å². The number of hydrogen-bond acceptors (Lipinski definition) is 8. The molecule has 27 heavy (non-hydrogen) atoms. The molecule has 0 spiro atoms. The summed E-state index contributed by atoms with van der Waals surface area (Å²) >= 11 is 0.860. The van der Waals surface area contributed by atoms with Crippen molar-refractivity contribution in [1.29, 1.82) is 0 Å². The number of esters is 1. The highest BCUT2D eigenvalue weighted by Crippen LogP contribution is 2.33. The van der Waals surface area contributed by atoms with Gasteiger partial charge >= 0.3 is 11.7 Å². The Morgan fingerprint density at radius 1 is 1.44 bits per heavy atom. The van der Waals surface area contributed by atoms with Crippen LogP contribution in [0.3, 0.4) is 0 Å². The number of rotatable bonds is 8. The molecule has 11 nitrogen and oxygen atoms in total. The predicted octanol–water partition coefficient (Wildman–Crippen LogP) is 1.47. The van der Waals surface area contributed by atoms with Crippen molar-refractivity contribution in [2.45, 2.75) is 26.8 Å². The predicted molar refractivity (Wildman–Crippen MR) is 95.7 cm³/mol. The van der Waals surface area contributed by atoms with E-state index in [-0.39, 0.29) is 34.3 Å². The number of primary amides is 1. The lowest BCUT2D eigenvalue weighted by atomic mass is 10.1. The van der Waals surface area contributed by atoms with Crippen molar-refractivity contribution >= 4 is 39.8 Å². The fraction of sp³-hybridized carbons (Fsp3) is 0.333. The zero-order valence-electron chi connectivity index (χ0n) is 14.6. The second kappa shape index (κ2) is 8.40. The lowest BCUT2D eigenvalue weighted by Crippen LogP contribution is -2.20. The van der Waals surface area contributed by atoms with Crippen LogP contribution in [0.25, 0.3) is 0 Å². The zero-order valence-corrected chi connectivity index (χ0v) is 15.4.